The predicted molar refractivity (Wildman–Crippen MR) is 77.6 cm³/mol. The lowest BCUT2D eigenvalue weighted by Gasteiger charge is -2.37. The lowest BCUT2D eigenvalue weighted by molar-refractivity contribution is 0.390. The molecule has 3 nitrogen and oxygen atoms in total. The van der Waals surface area contributed by atoms with Gasteiger partial charge < -0.3 is 12.7 Å². The third-order valence-corrected chi connectivity index (χ3v) is 14.5. The van der Waals surface area contributed by atoms with Crippen LogP contribution in [0.1, 0.15) is 0 Å². The number of hydrogen-bond donors (Lipinski definition) is 0. The van der Waals surface area contributed by atoms with Gasteiger partial charge in [-0.2, -0.15) is 0 Å². The van der Waals surface area contributed by atoms with Gasteiger partial charge in [0.15, 0.2) is 16.6 Å². The zero-order valence-electron chi connectivity index (χ0n) is 11.9. The highest BCUT2D eigenvalue weighted by Crippen LogP contribution is 2.23. The fraction of sp³-hybridized carbons (Fsp3) is 1.00. The molecule has 0 bridgehead atoms. The highest BCUT2D eigenvalue weighted by molar-refractivity contribution is 6.91. The van der Waals surface area contributed by atoms with E-state index < -0.39 is 33.9 Å². The molecular formula is C9H26O3Si4. The average molecular weight is 295 g/mol. The van der Waals surface area contributed by atoms with E-state index in [0.717, 1.165) is 0 Å². The molecule has 0 aromatic carbocycles. The minimum absolute atomic E-state index is 0.659. The van der Waals surface area contributed by atoms with Crippen LogP contribution in [-0.2, 0) is 12.7 Å². The van der Waals surface area contributed by atoms with E-state index in [4.69, 9.17) is 8.23 Å². The summed E-state index contributed by atoms with van der Waals surface area (Å²) in [6.07, 6.45) is 0. The van der Waals surface area contributed by atoms with Gasteiger partial charge in [0.05, 0.1) is 0 Å². The summed E-state index contributed by atoms with van der Waals surface area (Å²) in [5.74, 6) is 0. The van der Waals surface area contributed by atoms with Crippen molar-refractivity contribution in [3.8, 4) is 0 Å². The van der Waals surface area contributed by atoms with E-state index in [2.05, 4.69) is 45.8 Å². The van der Waals surface area contributed by atoms with Crippen LogP contribution < -0.4 is 0 Å². The summed E-state index contributed by atoms with van der Waals surface area (Å²) < 4.78 is 24.0. The Morgan fingerprint density at radius 3 is 1.38 bits per heavy atom. The van der Waals surface area contributed by atoms with Crippen molar-refractivity contribution in [1.29, 1.82) is 0 Å². The van der Waals surface area contributed by atoms with Crippen LogP contribution in [0.2, 0.25) is 58.0 Å². The first-order chi connectivity index (χ1) is 6.83. The average Bonchev–Trinajstić information content (AvgIpc) is 1.69. The second-order valence-electron chi connectivity index (χ2n) is 6.44. The van der Waals surface area contributed by atoms with Crippen LogP contribution in [0, 0.1) is 0 Å². The zero-order valence-corrected chi connectivity index (χ0v) is 15.9. The van der Waals surface area contributed by atoms with Crippen LogP contribution in [0.15, 0.2) is 0 Å². The Bertz CT molecular complexity index is 238. The SMILES string of the molecule is C[Si](=O)C[Si](C)(O[Si](C)(C)C)O[Si](C)(C)C. The summed E-state index contributed by atoms with van der Waals surface area (Å²) in [6, 6.07) is 0. The van der Waals surface area contributed by atoms with E-state index in [0.29, 0.717) is 5.67 Å². The van der Waals surface area contributed by atoms with Crippen LogP contribution in [-0.4, -0.2) is 33.9 Å². The van der Waals surface area contributed by atoms with E-state index in [9.17, 15) is 4.46 Å². The van der Waals surface area contributed by atoms with E-state index in [1.54, 1.807) is 6.55 Å². The second-order valence-corrected chi connectivity index (χ2v) is 21.6. The van der Waals surface area contributed by atoms with E-state index in [1.165, 1.54) is 0 Å². The summed E-state index contributed by atoms with van der Waals surface area (Å²) in [5, 5.41) is 0. The molecular weight excluding hydrogens is 268 g/mol. The third kappa shape index (κ3) is 8.71. The lowest BCUT2D eigenvalue weighted by atomic mass is 11.8. The summed E-state index contributed by atoms with van der Waals surface area (Å²) >= 11 is 0. The summed E-state index contributed by atoms with van der Waals surface area (Å²) in [7, 11) is -7.00. The molecule has 0 rings (SSSR count). The van der Waals surface area contributed by atoms with Crippen molar-refractivity contribution in [1.82, 2.24) is 0 Å². The lowest BCUT2D eigenvalue weighted by Crippen LogP contribution is -2.53. The molecule has 0 unspecified atom stereocenters. The van der Waals surface area contributed by atoms with Crippen molar-refractivity contribution in [3.05, 3.63) is 0 Å². The topological polar surface area (TPSA) is 35.5 Å². The Balaban J connectivity index is 4.82. The smallest absolute Gasteiger partial charge is 0.318 e. The standard InChI is InChI=1S/C9H26O3Si4/c1-13(10)9-16(8,11-14(2,3)4)12-15(5,6)7/h9H2,1-8H3. The van der Waals surface area contributed by atoms with Crippen molar-refractivity contribution in [3.63, 3.8) is 0 Å². The molecule has 0 amide bonds. The van der Waals surface area contributed by atoms with Gasteiger partial charge in [-0.25, -0.2) is 0 Å². The van der Waals surface area contributed by atoms with Gasteiger partial charge in [-0.05, 0) is 52.4 Å². The normalized spacial score (nSPS) is 14.0. The maximum absolute atomic E-state index is 11.5. The predicted octanol–water partition coefficient (Wildman–Crippen LogP) is 3.35. The first-order valence-electron chi connectivity index (χ1n) is 5.73. The first-order valence-corrected chi connectivity index (χ1v) is 17.2. The summed E-state index contributed by atoms with van der Waals surface area (Å²) in [6.45, 7) is 16.9. The van der Waals surface area contributed by atoms with Crippen LogP contribution in [0.4, 0.5) is 0 Å². The van der Waals surface area contributed by atoms with Crippen molar-refractivity contribution in [2.75, 3.05) is 0 Å². The van der Waals surface area contributed by atoms with Gasteiger partial charge in [0.2, 0.25) is 0 Å². The highest BCUT2D eigenvalue weighted by Gasteiger charge is 2.41. The Kier molecular flexibility index (Phi) is 5.69. The van der Waals surface area contributed by atoms with Crippen LogP contribution in [0.5, 0.6) is 0 Å². The van der Waals surface area contributed by atoms with Crippen molar-refractivity contribution >= 4 is 33.9 Å². The Hall–Kier alpha value is 0.588. The fourth-order valence-corrected chi connectivity index (χ4v) is 18.2. The van der Waals surface area contributed by atoms with E-state index in [-0.39, 0.29) is 0 Å². The second kappa shape index (κ2) is 5.49. The van der Waals surface area contributed by atoms with Gasteiger partial charge in [0.1, 0.15) is 0 Å². The Morgan fingerprint density at radius 2 is 1.19 bits per heavy atom. The van der Waals surface area contributed by atoms with E-state index >= 15 is 0 Å². The maximum atomic E-state index is 11.5. The summed E-state index contributed by atoms with van der Waals surface area (Å²) in [4.78, 5) is 0. The van der Waals surface area contributed by atoms with Gasteiger partial charge in [0.25, 0.3) is 8.68 Å². The molecule has 0 saturated carbocycles. The molecule has 0 heterocycles. The van der Waals surface area contributed by atoms with Gasteiger partial charge in [-0.15, -0.1) is 0 Å². The molecule has 7 heteroatoms. The third-order valence-electron chi connectivity index (χ3n) is 1.61. The molecule has 0 spiro atoms. The highest BCUT2D eigenvalue weighted by atomic mass is 28.5. The number of rotatable bonds is 6. The monoisotopic (exact) mass is 294 g/mol. The fourth-order valence-electron chi connectivity index (χ4n) is 1.84. The molecule has 16 heavy (non-hydrogen) atoms. The van der Waals surface area contributed by atoms with Crippen molar-refractivity contribution in [2.24, 2.45) is 0 Å². The van der Waals surface area contributed by atoms with Gasteiger partial charge in [0, 0.05) is 5.67 Å². The van der Waals surface area contributed by atoms with E-state index in [1.807, 2.05) is 0 Å². The first kappa shape index (κ1) is 16.6. The van der Waals surface area contributed by atoms with Crippen LogP contribution >= 0.6 is 0 Å². The molecule has 0 N–H and O–H groups in total. The zero-order chi connectivity index (χ0) is 13.2. The van der Waals surface area contributed by atoms with Gasteiger partial charge >= 0.3 is 8.56 Å². The van der Waals surface area contributed by atoms with Crippen molar-refractivity contribution < 1.29 is 12.7 Å². The minimum Gasteiger partial charge on any atom is -0.437 e. The number of hydrogen-bond acceptors (Lipinski definition) is 3. The van der Waals surface area contributed by atoms with Crippen LogP contribution in [0.25, 0.3) is 0 Å². The molecule has 0 aromatic heterocycles. The molecule has 0 aliphatic carbocycles. The minimum atomic E-state index is -2.23. The Morgan fingerprint density at radius 1 is 0.875 bits per heavy atom. The molecule has 0 aromatic rings. The molecule has 0 aliphatic rings. The van der Waals surface area contributed by atoms with Gasteiger partial charge in [-0.1, -0.05) is 0 Å². The quantitative estimate of drug-likeness (QED) is 0.705. The molecule has 0 aliphatic heterocycles. The van der Waals surface area contributed by atoms with Gasteiger partial charge in [-0.3, -0.25) is 0 Å². The van der Waals surface area contributed by atoms with Crippen LogP contribution in [0.3, 0.4) is 0 Å². The molecule has 0 saturated heterocycles. The molecule has 0 atom stereocenters. The molecule has 0 fully saturated rings. The van der Waals surface area contributed by atoms with Crippen molar-refractivity contribution in [2.45, 2.75) is 58.0 Å². The Labute approximate surface area is 105 Å². The summed E-state index contributed by atoms with van der Waals surface area (Å²) in [5.41, 5.74) is 0.659. The molecule has 0 radical (unpaired) electrons. The largest absolute Gasteiger partial charge is 0.437 e. The maximum Gasteiger partial charge on any atom is 0.318 e. The molecule has 96 valence electrons.